The molecule has 0 atom stereocenters. The summed E-state index contributed by atoms with van der Waals surface area (Å²) in [6.07, 6.45) is 2.51. The van der Waals surface area contributed by atoms with E-state index in [2.05, 4.69) is 10.5 Å². The van der Waals surface area contributed by atoms with E-state index < -0.39 is 5.97 Å². The fourth-order valence-electron chi connectivity index (χ4n) is 1.51. The van der Waals surface area contributed by atoms with Crippen LogP contribution in [0.5, 0.6) is 0 Å². The van der Waals surface area contributed by atoms with Crippen molar-refractivity contribution in [3.63, 3.8) is 0 Å². The molecule has 20 heavy (non-hydrogen) atoms. The van der Waals surface area contributed by atoms with Crippen LogP contribution >= 0.6 is 0 Å². The van der Waals surface area contributed by atoms with E-state index in [4.69, 9.17) is 9.63 Å². The van der Waals surface area contributed by atoms with Crippen molar-refractivity contribution >= 4 is 23.6 Å². The lowest BCUT2D eigenvalue weighted by molar-refractivity contribution is -0.131. The quantitative estimate of drug-likeness (QED) is 0.833. The highest BCUT2D eigenvalue weighted by Gasteiger charge is 2.11. The number of carboxylic acids is 1. The molecule has 1 aromatic heterocycles. The molecule has 0 fully saturated rings. The molecule has 2 N–H and O–H groups in total. The number of amides is 1. The molecule has 6 nitrogen and oxygen atoms in total. The second-order valence-electron chi connectivity index (χ2n) is 4.08. The van der Waals surface area contributed by atoms with Crippen molar-refractivity contribution in [3.05, 3.63) is 53.4 Å². The number of carbonyl (C=O) groups excluding carboxylic acids is 1. The molecule has 2 rings (SSSR count). The Morgan fingerprint density at radius 1 is 1.30 bits per heavy atom. The summed E-state index contributed by atoms with van der Waals surface area (Å²) < 4.78 is 4.85. The van der Waals surface area contributed by atoms with Crippen LogP contribution in [0.3, 0.4) is 0 Å². The van der Waals surface area contributed by atoms with Crippen molar-refractivity contribution in [1.29, 1.82) is 0 Å². The zero-order valence-corrected chi connectivity index (χ0v) is 10.7. The summed E-state index contributed by atoms with van der Waals surface area (Å²) in [7, 11) is 0. The van der Waals surface area contributed by atoms with E-state index in [1.54, 1.807) is 37.3 Å². The summed E-state index contributed by atoms with van der Waals surface area (Å²) >= 11 is 0. The molecule has 0 aliphatic heterocycles. The zero-order valence-electron chi connectivity index (χ0n) is 10.7. The number of nitrogens with one attached hydrogen (secondary N) is 1. The third-order valence-corrected chi connectivity index (χ3v) is 2.44. The molecule has 0 aliphatic carbocycles. The van der Waals surface area contributed by atoms with Crippen LogP contribution in [0.2, 0.25) is 0 Å². The van der Waals surface area contributed by atoms with E-state index in [1.165, 1.54) is 6.08 Å². The Morgan fingerprint density at radius 2 is 2.00 bits per heavy atom. The number of carboxylic acid groups (broad SMARTS) is 1. The van der Waals surface area contributed by atoms with Gasteiger partial charge in [-0.05, 0) is 30.7 Å². The number of hydrogen-bond donors (Lipinski definition) is 2. The Morgan fingerprint density at radius 3 is 2.55 bits per heavy atom. The fourth-order valence-corrected chi connectivity index (χ4v) is 1.51. The van der Waals surface area contributed by atoms with E-state index in [-0.39, 0.29) is 11.7 Å². The van der Waals surface area contributed by atoms with Crippen LogP contribution in [-0.4, -0.2) is 22.1 Å². The lowest BCUT2D eigenvalue weighted by Gasteiger charge is -2.02. The molecule has 0 bridgehead atoms. The zero-order chi connectivity index (χ0) is 14.5. The molecule has 6 heteroatoms. The molecule has 1 heterocycles. The number of aromatic nitrogens is 1. The maximum absolute atomic E-state index is 11.8. The van der Waals surface area contributed by atoms with E-state index in [1.807, 2.05) is 0 Å². The predicted octanol–water partition coefficient (Wildman–Crippen LogP) is 2.33. The molecule has 2 aromatic rings. The largest absolute Gasteiger partial charge is 0.478 e. The number of nitrogens with zero attached hydrogens (tertiary/aromatic N) is 1. The van der Waals surface area contributed by atoms with Gasteiger partial charge >= 0.3 is 5.97 Å². The standard InChI is InChI=1S/C14H12N2O4/c1-9-8-12(20-16-9)14(19)15-11-5-2-10(3-6-11)4-7-13(17)18/h2-8H,1H3,(H,15,19)(H,17,18)/b7-4+. The Bertz CT molecular complexity index is 656. The van der Waals surface area contributed by atoms with Gasteiger partial charge in [-0.25, -0.2) is 4.79 Å². The summed E-state index contributed by atoms with van der Waals surface area (Å²) in [5.74, 6) is -1.26. The first-order chi connectivity index (χ1) is 9.54. The van der Waals surface area contributed by atoms with Crippen LogP contribution in [0, 0.1) is 6.92 Å². The molecule has 1 amide bonds. The maximum Gasteiger partial charge on any atom is 0.328 e. The Balaban J connectivity index is 2.03. The third-order valence-electron chi connectivity index (χ3n) is 2.44. The Labute approximate surface area is 114 Å². The molecule has 0 spiro atoms. The van der Waals surface area contributed by atoms with Gasteiger partial charge in [0, 0.05) is 17.8 Å². The van der Waals surface area contributed by atoms with E-state index >= 15 is 0 Å². The minimum Gasteiger partial charge on any atom is -0.478 e. The minimum absolute atomic E-state index is 0.136. The average Bonchev–Trinajstić information content (AvgIpc) is 2.85. The van der Waals surface area contributed by atoms with Crippen molar-refractivity contribution in [2.24, 2.45) is 0 Å². The first kappa shape index (κ1) is 13.5. The first-order valence-electron chi connectivity index (χ1n) is 5.80. The van der Waals surface area contributed by atoms with Gasteiger partial charge in [0.2, 0.25) is 5.76 Å². The highest BCUT2D eigenvalue weighted by atomic mass is 16.5. The summed E-state index contributed by atoms with van der Waals surface area (Å²) in [6.45, 7) is 1.73. The van der Waals surface area contributed by atoms with E-state index in [0.717, 1.165) is 11.6 Å². The summed E-state index contributed by atoms with van der Waals surface area (Å²) in [5, 5.41) is 14.8. The highest BCUT2D eigenvalue weighted by molar-refractivity contribution is 6.02. The van der Waals surface area contributed by atoms with Crippen LogP contribution in [-0.2, 0) is 4.79 Å². The van der Waals surface area contributed by atoms with E-state index in [9.17, 15) is 9.59 Å². The van der Waals surface area contributed by atoms with Crippen LogP contribution < -0.4 is 5.32 Å². The van der Waals surface area contributed by atoms with Crippen molar-refractivity contribution in [2.75, 3.05) is 5.32 Å². The van der Waals surface area contributed by atoms with Gasteiger partial charge in [0.1, 0.15) is 0 Å². The smallest absolute Gasteiger partial charge is 0.328 e. The number of carbonyl (C=O) groups is 2. The molecular formula is C14H12N2O4. The monoisotopic (exact) mass is 272 g/mol. The van der Waals surface area contributed by atoms with Gasteiger partial charge in [-0.1, -0.05) is 17.3 Å². The van der Waals surface area contributed by atoms with Gasteiger partial charge in [-0.15, -0.1) is 0 Å². The molecule has 0 radical (unpaired) electrons. The fraction of sp³-hybridized carbons (Fsp3) is 0.0714. The summed E-state index contributed by atoms with van der Waals surface area (Å²) in [4.78, 5) is 22.2. The SMILES string of the molecule is Cc1cc(C(=O)Nc2ccc(/C=C/C(=O)O)cc2)on1. The molecule has 0 unspecified atom stereocenters. The maximum atomic E-state index is 11.8. The number of benzene rings is 1. The Hall–Kier alpha value is -2.89. The van der Waals surface area contributed by atoms with Crippen molar-refractivity contribution < 1.29 is 19.2 Å². The van der Waals surface area contributed by atoms with Crippen molar-refractivity contribution in [2.45, 2.75) is 6.92 Å². The second kappa shape index (κ2) is 5.83. The Kier molecular flexibility index (Phi) is 3.95. The molecular weight excluding hydrogens is 260 g/mol. The van der Waals surface area contributed by atoms with Crippen LogP contribution in [0.25, 0.3) is 6.08 Å². The van der Waals surface area contributed by atoms with Crippen molar-refractivity contribution in [3.8, 4) is 0 Å². The molecule has 0 saturated carbocycles. The van der Waals surface area contributed by atoms with Crippen LogP contribution in [0.1, 0.15) is 21.8 Å². The highest BCUT2D eigenvalue weighted by Crippen LogP contribution is 2.13. The van der Waals surface area contributed by atoms with Crippen molar-refractivity contribution in [1.82, 2.24) is 5.16 Å². The van der Waals surface area contributed by atoms with Gasteiger partial charge < -0.3 is 14.9 Å². The number of hydrogen-bond acceptors (Lipinski definition) is 4. The number of aryl methyl sites for hydroxylation is 1. The average molecular weight is 272 g/mol. The molecule has 0 saturated heterocycles. The molecule has 102 valence electrons. The molecule has 1 aromatic carbocycles. The summed E-state index contributed by atoms with van der Waals surface area (Å²) in [5.41, 5.74) is 1.93. The van der Waals surface area contributed by atoms with Gasteiger partial charge in [0.05, 0.1) is 5.69 Å². The topological polar surface area (TPSA) is 92.4 Å². The normalized spacial score (nSPS) is 10.7. The van der Waals surface area contributed by atoms with Crippen LogP contribution in [0.15, 0.2) is 40.9 Å². The predicted molar refractivity (Wildman–Crippen MR) is 72.3 cm³/mol. The van der Waals surface area contributed by atoms with Gasteiger partial charge in [0.25, 0.3) is 5.91 Å². The lowest BCUT2D eigenvalue weighted by Crippen LogP contribution is -2.10. The van der Waals surface area contributed by atoms with E-state index in [0.29, 0.717) is 11.4 Å². The second-order valence-corrected chi connectivity index (χ2v) is 4.08. The lowest BCUT2D eigenvalue weighted by atomic mass is 10.2. The summed E-state index contributed by atoms with van der Waals surface area (Å²) in [6, 6.07) is 8.27. The number of rotatable bonds is 4. The van der Waals surface area contributed by atoms with Crippen LogP contribution in [0.4, 0.5) is 5.69 Å². The molecule has 0 aliphatic rings. The first-order valence-corrected chi connectivity index (χ1v) is 5.80. The van der Waals surface area contributed by atoms with Gasteiger partial charge in [0.15, 0.2) is 0 Å². The number of anilines is 1. The minimum atomic E-state index is -1.01. The third kappa shape index (κ3) is 3.55. The number of aliphatic carboxylic acids is 1. The van der Waals surface area contributed by atoms with Gasteiger partial charge in [-0.2, -0.15) is 0 Å². The van der Waals surface area contributed by atoms with Gasteiger partial charge in [-0.3, -0.25) is 4.79 Å².